The van der Waals surface area contributed by atoms with E-state index in [1.165, 1.54) is 12.1 Å². The molecule has 0 aliphatic heterocycles. The number of aromatic amines is 1. The molecule has 0 saturated heterocycles. The number of hydrogen-bond donors (Lipinski definition) is 2. The maximum Gasteiger partial charge on any atom is 0.263 e. The van der Waals surface area contributed by atoms with Crippen molar-refractivity contribution in [2.75, 3.05) is 0 Å². The van der Waals surface area contributed by atoms with Crippen molar-refractivity contribution in [2.24, 2.45) is 0 Å². The number of alkyl halides is 2. The number of aromatic nitrogens is 2. The summed E-state index contributed by atoms with van der Waals surface area (Å²) in [5, 5.41) is 3.23. The molecule has 0 saturated carbocycles. The third-order valence-corrected chi connectivity index (χ3v) is 2.74. The molecule has 1 unspecified atom stereocenters. The number of benzene rings is 1. The first kappa shape index (κ1) is 12.7. The van der Waals surface area contributed by atoms with Crippen LogP contribution in [0.4, 0.5) is 8.78 Å². The lowest BCUT2D eigenvalue weighted by Crippen LogP contribution is -2.19. The van der Waals surface area contributed by atoms with Crippen LogP contribution in [0.15, 0.2) is 36.7 Å². The monoisotopic (exact) mass is 251 g/mol. The van der Waals surface area contributed by atoms with Gasteiger partial charge in [-0.3, -0.25) is 0 Å². The summed E-state index contributed by atoms with van der Waals surface area (Å²) in [6.07, 6.45) is 1.02. The minimum Gasteiger partial charge on any atom is -0.347 e. The second-order valence-electron chi connectivity index (χ2n) is 4.12. The number of H-pyrrole nitrogens is 1. The predicted octanol–water partition coefficient (Wildman–Crippen LogP) is 3.20. The normalized spacial score (nSPS) is 12.9. The molecule has 0 amide bonds. The van der Waals surface area contributed by atoms with Crippen molar-refractivity contribution in [1.29, 1.82) is 0 Å². The molecule has 2 N–H and O–H groups in total. The highest BCUT2D eigenvalue weighted by atomic mass is 19.3. The van der Waals surface area contributed by atoms with Gasteiger partial charge in [0.2, 0.25) is 0 Å². The van der Waals surface area contributed by atoms with E-state index in [1.807, 2.05) is 13.0 Å². The van der Waals surface area contributed by atoms with Crippen molar-refractivity contribution in [3.8, 4) is 0 Å². The lowest BCUT2D eigenvalue weighted by atomic mass is 10.1. The fourth-order valence-electron chi connectivity index (χ4n) is 1.72. The summed E-state index contributed by atoms with van der Waals surface area (Å²) >= 11 is 0. The molecule has 3 nitrogen and oxygen atoms in total. The zero-order valence-electron chi connectivity index (χ0n) is 10.0. The van der Waals surface area contributed by atoms with Crippen LogP contribution >= 0.6 is 0 Å². The highest BCUT2D eigenvalue weighted by molar-refractivity contribution is 5.24. The molecule has 18 heavy (non-hydrogen) atoms. The fourth-order valence-corrected chi connectivity index (χ4v) is 1.72. The van der Waals surface area contributed by atoms with Crippen LogP contribution < -0.4 is 5.32 Å². The number of hydrogen-bond acceptors (Lipinski definition) is 2. The van der Waals surface area contributed by atoms with E-state index >= 15 is 0 Å². The molecule has 0 aliphatic carbocycles. The average molecular weight is 251 g/mol. The van der Waals surface area contributed by atoms with Gasteiger partial charge in [-0.2, -0.15) is 0 Å². The van der Waals surface area contributed by atoms with Crippen LogP contribution in [0.1, 0.15) is 36.3 Å². The Balaban J connectivity index is 1.96. The smallest absolute Gasteiger partial charge is 0.263 e. The molecular formula is C13H15F2N3. The Morgan fingerprint density at radius 3 is 2.89 bits per heavy atom. The zero-order chi connectivity index (χ0) is 13.0. The molecule has 1 aromatic carbocycles. The van der Waals surface area contributed by atoms with E-state index in [1.54, 1.807) is 18.5 Å². The molecule has 0 bridgehead atoms. The van der Waals surface area contributed by atoms with Crippen molar-refractivity contribution < 1.29 is 8.78 Å². The van der Waals surface area contributed by atoms with E-state index in [4.69, 9.17) is 0 Å². The van der Waals surface area contributed by atoms with E-state index in [-0.39, 0.29) is 11.6 Å². The van der Waals surface area contributed by atoms with Gasteiger partial charge >= 0.3 is 0 Å². The Morgan fingerprint density at radius 1 is 1.39 bits per heavy atom. The van der Waals surface area contributed by atoms with Gasteiger partial charge in [-0.05, 0) is 18.6 Å². The Labute approximate surface area is 104 Å². The number of rotatable bonds is 5. The summed E-state index contributed by atoms with van der Waals surface area (Å²) in [5.41, 5.74) is 0.895. The van der Waals surface area contributed by atoms with Crippen molar-refractivity contribution in [1.82, 2.24) is 15.3 Å². The third kappa shape index (κ3) is 3.13. The van der Waals surface area contributed by atoms with E-state index in [2.05, 4.69) is 15.3 Å². The van der Waals surface area contributed by atoms with E-state index in [0.29, 0.717) is 6.54 Å². The van der Waals surface area contributed by atoms with Gasteiger partial charge in [-0.25, -0.2) is 13.8 Å². The van der Waals surface area contributed by atoms with Gasteiger partial charge in [0.05, 0.1) is 6.04 Å². The molecular weight excluding hydrogens is 236 g/mol. The van der Waals surface area contributed by atoms with Gasteiger partial charge < -0.3 is 10.3 Å². The minimum absolute atomic E-state index is 0.0511. The van der Waals surface area contributed by atoms with Gasteiger partial charge in [0.15, 0.2) is 0 Å². The largest absolute Gasteiger partial charge is 0.347 e. The SMILES string of the molecule is CC(NCc1cccc(C(F)F)c1)c1ncc[nH]1. The van der Waals surface area contributed by atoms with Crippen molar-refractivity contribution in [3.63, 3.8) is 0 Å². The van der Waals surface area contributed by atoms with E-state index in [0.717, 1.165) is 11.4 Å². The number of nitrogens with one attached hydrogen (secondary N) is 2. The molecule has 0 aliphatic rings. The number of imidazole rings is 1. The summed E-state index contributed by atoms with van der Waals surface area (Å²) < 4.78 is 25.1. The summed E-state index contributed by atoms with van der Waals surface area (Å²) in [4.78, 5) is 7.15. The maximum absolute atomic E-state index is 12.5. The summed E-state index contributed by atoms with van der Waals surface area (Å²) in [6.45, 7) is 2.50. The van der Waals surface area contributed by atoms with E-state index in [9.17, 15) is 8.78 Å². The molecule has 0 radical (unpaired) electrons. The molecule has 0 spiro atoms. The van der Waals surface area contributed by atoms with Crippen LogP contribution in [0.2, 0.25) is 0 Å². The maximum atomic E-state index is 12.5. The van der Waals surface area contributed by atoms with Crippen LogP contribution in [0.25, 0.3) is 0 Å². The lowest BCUT2D eigenvalue weighted by molar-refractivity contribution is 0.151. The van der Waals surface area contributed by atoms with Crippen molar-refractivity contribution in [3.05, 3.63) is 53.6 Å². The Bertz CT molecular complexity index is 483. The standard InChI is InChI=1S/C13H15F2N3/c1-9(13-16-5-6-17-13)18-8-10-3-2-4-11(7-10)12(14)15/h2-7,9,12,18H,8H2,1H3,(H,16,17). The molecule has 0 fully saturated rings. The second kappa shape index (κ2) is 5.73. The highest BCUT2D eigenvalue weighted by Crippen LogP contribution is 2.19. The second-order valence-corrected chi connectivity index (χ2v) is 4.12. The Hall–Kier alpha value is -1.75. The van der Waals surface area contributed by atoms with E-state index < -0.39 is 6.43 Å². The van der Waals surface area contributed by atoms with Gasteiger partial charge in [-0.1, -0.05) is 18.2 Å². The predicted molar refractivity (Wildman–Crippen MR) is 65.2 cm³/mol. The molecule has 1 aromatic heterocycles. The number of nitrogens with zero attached hydrogens (tertiary/aromatic N) is 1. The van der Waals surface area contributed by atoms with Gasteiger partial charge in [-0.15, -0.1) is 0 Å². The average Bonchev–Trinajstić information content (AvgIpc) is 2.90. The Morgan fingerprint density at radius 2 is 2.22 bits per heavy atom. The van der Waals surface area contributed by atoms with Crippen LogP contribution in [-0.4, -0.2) is 9.97 Å². The minimum atomic E-state index is -2.42. The van der Waals surface area contributed by atoms with Crippen molar-refractivity contribution >= 4 is 0 Å². The first-order chi connectivity index (χ1) is 8.66. The lowest BCUT2D eigenvalue weighted by Gasteiger charge is -2.12. The summed E-state index contributed by atoms with van der Waals surface area (Å²) in [6, 6.07) is 6.48. The van der Waals surface area contributed by atoms with Crippen molar-refractivity contribution in [2.45, 2.75) is 25.9 Å². The van der Waals surface area contributed by atoms with Crippen LogP contribution in [-0.2, 0) is 6.54 Å². The molecule has 1 heterocycles. The first-order valence-corrected chi connectivity index (χ1v) is 5.76. The van der Waals surface area contributed by atoms with Crippen LogP contribution in [0, 0.1) is 0 Å². The first-order valence-electron chi connectivity index (χ1n) is 5.76. The fraction of sp³-hybridized carbons (Fsp3) is 0.308. The molecule has 5 heteroatoms. The van der Waals surface area contributed by atoms with Gasteiger partial charge in [0, 0.05) is 24.5 Å². The molecule has 96 valence electrons. The molecule has 2 rings (SSSR count). The quantitative estimate of drug-likeness (QED) is 0.856. The molecule has 2 aromatic rings. The topological polar surface area (TPSA) is 40.7 Å². The van der Waals surface area contributed by atoms with Gasteiger partial charge in [0.25, 0.3) is 6.43 Å². The van der Waals surface area contributed by atoms with Crippen LogP contribution in [0.3, 0.4) is 0 Å². The third-order valence-electron chi connectivity index (χ3n) is 2.74. The van der Waals surface area contributed by atoms with Gasteiger partial charge in [0.1, 0.15) is 5.82 Å². The Kier molecular flexibility index (Phi) is 4.04. The zero-order valence-corrected chi connectivity index (χ0v) is 10.0. The highest BCUT2D eigenvalue weighted by Gasteiger charge is 2.09. The summed E-state index contributed by atoms with van der Waals surface area (Å²) in [7, 11) is 0. The summed E-state index contributed by atoms with van der Waals surface area (Å²) in [5.74, 6) is 0.833. The van der Waals surface area contributed by atoms with Crippen LogP contribution in [0.5, 0.6) is 0 Å². The molecule has 1 atom stereocenters. The number of halogens is 2.